The Labute approximate surface area is 179 Å². The monoisotopic (exact) mass is 419 g/mol. The number of amides is 2. The van der Waals surface area contributed by atoms with E-state index in [0.717, 1.165) is 16.3 Å². The van der Waals surface area contributed by atoms with Crippen molar-refractivity contribution in [2.75, 3.05) is 0 Å². The highest BCUT2D eigenvalue weighted by Gasteiger charge is 2.15. The van der Waals surface area contributed by atoms with Crippen LogP contribution in [-0.2, 0) is 9.59 Å². The molecule has 2 amide bonds. The maximum atomic E-state index is 12.2. The van der Waals surface area contributed by atoms with Crippen LogP contribution in [0.3, 0.4) is 0 Å². The first kappa shape index (κ1) is 21.0. The molecule has 7 heteroatoms. The molecule has 0 aliphatic carbocycles. The van der Waals surface area contributed by atoms with Crippen LogP contribution in [0.4, 0.5) is 0 Å². The van der Waals surface area contributed by atoms with Gasteiger partial charge in [0.1, 0.15) is 5.75 Å². The Hall–Kier alpha value is -3.71. The van der Waals surface area contributed by atoms with Crippen molar-refractivity contribution >= 4 is 46.0 Å². The van der Waals surface area contributed by atoms with E-state index in [4.69, 9.17) is 17.0 Å². The molecule has 6 nitrogen and oxygen atoms in total. The van der Waals surface area contributed by atoms with E-state index in [1.807, 2.05) is 72.8 Å². The first-order valence-electron chi connectivity index (χ1n) is 9.30. The summed E-state index contributed by atoms with van der Waals surface area (Å²) in [4.78, 5) is 24.1. The second kappa shape index (κ2) is 10.2. The molecule has 3 N–H and O–H groups in total. The normalized spacial score (nSPS) is 11.6. The molecule has 30 heavy (non-hydrogen) atoms. The summed E-state index contributed by atoms with van der Waals surface area (Å²) in [5.74, 6) is -0.260. The second-order valence-electron chi connectivity index (χ2n) is 6.45. The molecule has 0 aromatic heterocycles. The smallest absolute Gasteiger partial charge is 0.279 e. The Morgan fingerprint density at radius 1 is 0.933 bits per heavy atom. The van der Waals surface area contributed by atoms with Gasteiger partial charge in [-0.2, -0.15) is 0 Å². The fourth-order valence-corrected chi connectivity index (χ4v) is 2.79. The molecule has 0 aliphatic heterocycles. The predicted octanol–water partition coefficient (Wildman–Crippen LogP) is 3.34. The lowest BCUT2D eigenvalue weighted by Gasteiger charge is -2.16. The van der Waals surface area contributed by atoms with Gasteiger partial charge in [0.2, 0.25) is 5.91 Å². The highest BCUT2D eigenvalue weighted by molar-refractivity contribution is 7.80. The Morgan fingerprint density at radius 2 is 1.63 bits per heavy atom. The highest BCUT2D eigenvalue weighted by atomic mass is 32.1. The summed E-state index contributed by atoms with van der Waals surface area (Å²) in [7, 11) is 0. The Bertz CT molecular complexity index is 1080. The number of fused-ring (bicyclic) bond motifs is 1. The third-order valence-corrected chi connectivity index (χ3v) is 4.37. The molecular weight excluding hydrogens is 398 g/mol. The molecule has 3 rings (SSSR count). The zero-order valence-corrected chi connectivity index (χ0v) is 17.1. The van der Waals surface area contributed by atoms with Gasteiger partial charge in [-0.3, -0.25) is 25.8 Å². The third-order valence-electron chi connectivity index (χ3n) is 4.17. The van der Waals surface area contributed by atoms with E-state index >= 15 is 0 Å². The Morgan fingerprint density at radius 3 is 2.40 bits per heavy atom. The van der Waals surface area contributed by atoms with Gasteiger partial charge in [-0.25, -0.2) is 0 Å². The van der Waals surface area contributed by atoms with Crippen LogP contribution < -0.4 is 20.9 Å². The first-order valence-corrected chi connectivity index (χ1v) is 9.71. The number of rotatable bonds is 5. The van der Waals surface area contributed by atoms with Crippen LogP contribution in [0.25, 0.3) is 16.8 Å². The molecule has 0 aliphatic rings. The van der Waals surface area contributed by atoms with Crippen LogP contribution in [0.2, 0.25) is 0 Å². The minimum Gasteiger partial charge on any atom is -0.481 e. The zero-order valence-electron chi connectivity index (χ0n) is 16.3. The van der Waals surface area contributed by atoms with Crippen molar-refractivity contribution in [2.45, 2.75) is 13.0 Å². The highest BCUT2D eigenvalue weighted by Crippen LogP contribution is 2.21. The van der Waals surface area contributed by atoms with Crippen molar-refractivity contribution in [3.8, 4) is 5.75 Å². The Balaban J connectivity index is 1.45. The number of benzene rings is 3. The van der Waals surface area contributed by atoms with E-state index in [2.05, 4.69) is 16.2 Å². The van der Waals surface area contributed by atoms with Gasteiger partial charge in [-0.15, -0.1) is 0 Å². The number of hydrogen-bond acceptors (Lipinski definition) is 4. The lowest BCUT2D eigenvalue weighted by Crippen LogP contribution is -2.51. The predicted molar refractivity (Wildman–Crippen MR) is 122 cm³/mol. The van der Waals surface area contributed by atoms with Gasteiger partial charge in [-0.1, -0.05) is 60.7 Å². The maximum Gasteiger partial charge on any atom is 0.279 e. The molecule has 0 spiro atoms. The molecule has 0 radical (unpaired) electrons. The van der Waals surface area contributed by atoms with Crippen molar-refractivity contribution < 1.29 is 14.3 Å². The van der Waals surface area contributed by atoms with Crippen molar-refractivity contribution in [3.63, 3.8) is 0 Å². The Kier molecular flexibility index (Phi) is 7.13. The molecule has 3 aromatic rings. The number of carbonyl (C=O) groups is 2. The molecule has 0 saturated carbocycles. The fourth-order valence-electron chi connectivity index (χ4n) is 2.64. The fraction of sp³-hybridized carbons (Fsp3) is 0.0870. The van der Waals surface area contributed by atoms with Crippen LogP contribution in [0.1, 0.15) is 12.5 Å². The van der Waals surface area contributed by atoms with Gasteiger partial charge < -0.3 is 4.74 Å². The van der Waals surface area contributed by atoms with Crippen LogP contribution in [-0.4, -0.2) is 23.0 Å². The quantitative estimate of drug-likeness (QED) is 0.336. The van der Waals surface area contributed by atoms with Crippen LogP contribution in [0.5, 0.6) is 5.75 Å². The van der Waals surface area contributed by atoms with Gasteiger partial charge in [0, 0.05) is 6.08 Å². The standard InChI is InChI=1S/C23H21N3O3S/c1-16(29-20-13-12-18-9-5-6-10-19(18)15-20)22(28)25-26-23(30)24-21(27)14-11-17-7-3-2-4-8-17/h2-16H,1H3,(H,25,28)(H2,24,26,27,30)/b14-11+. The number of hydrogen-bond donors (Lipinski definition) is 3. The van der Waals surface area contributed by atoms with E-state index in [0.29, 0.717) is 5.75 Å². The van der Waals surface area contributed by atoms with E-state index in [1.165, 1.54) is 6.08 Å². The van der Waals surface area contributed by atoms with E-state index in [9.17, 15) is 9.59 Å². The number of ether oxygens (including phenoxy) is 1. The average Bonchev–Trinajstić information content (AvgIpc) is 2.76. The zero-order chi connectivity index (χ0) is 21.3. The number of thiocarbonyl (C=S) groups is 1. The van der Waals surface area contributed by atoms with Crippen molar-refractivity contribution in [1.82, 2.24) is 16.2 Å². The maximum absolute atomic E-state index is 12.2. The SMILES string of the molecule is CC(Oc1ccc2ccccc2c1)C(=O)NNC(=S)NC(=O)/C=C/c1ccccc1. The summed E-state index contributed by atoms with van der Waals surface area (Å²) < 4.78 is 5.69. The number of hydrazine groups is 1. The molecular formula is C23H21N3O3S. The summed E-state index contributed by atoms with van der Waals surface area (Å²) in [6.07, 6.45) is 2.25. The average molecular weight is 420 g/mol. The lowest BCUT2D eigenvalue weighted by atomic mass is 10.1. The van der Waals surface area contributed by atoms with Gasteiger partial charge in [0.25, 0.3) is 5.91 Å². The van der Waals surface area contributed by atoms with Gasteiger partial charge in [-0.05, 0) is 53.7 Å². The van der Waals surface area contributed by atoms with Crippen molar-refractivity contribution in [2.24, 2.45) is 0 Å². The molecule has 0 saturated heterocycles. The summed E-state index contributed by atoms with van der Waals surface area (Å²) in [5, 5.41) is 4.54. The lowest BCUT2D eigenvalue weighted by molar-refractivity contribution is -0.128. The van der Waals surface area contributed by atoms with Gasteiger partial charge in [0.15, 0.2) is 11.2 Å². The minimum absolute atomic E-state index is 0.0241. The van der Waals surface area contributed by atoms with Crippen LogP contribution in [0.15, 0.2) is 78.9 Å². The summed E-state index contributed by atoms with van der Waals surface area (Å²) >= 11 is 5.02. The topological polar surface area (TPSA) is 79.5 Å². The van der Waals surface area contributed by atoms with Crippen molar-refractivity contribution in [1.29, 1.82) is 0 Å². The van der Waals surface area contributed by atoms with Gasteiger partial charge >= 0.3 is 0 Å². The number of carbonyl (C=O) groups excluding carboxylic acids is 2. The van der Waals surface area contributed by atoms with Crippen LogP contribution >= 0.6 is 12.2 Å². The molecule has 152 valence electrons. The minimum atomic E-state index is -0.768. The summed E-state index contributed by atoms with van der Waals surface area (Å²) in [6, 6.07) is 22.9. The largest absolute Gasteiger partial charge is 0.481 e. The molecule has 0 bridgehead atoms. The molecule has 0 heterocycles. The second-order valence-corrected chi connectivity index (χ2v) is 6.85. The van der Waals surface area contributed by atoms with E-state index < -0.39 is 17.9 Å². The molecule has 1 unspecified atom stereocenters. The van der Waals surface area contributed by atoms with Gasteiger partial charge in [0.05, 0.1) is 0 Å². The molecule has 1 atom stereocenters. The van der Waals surface area contributed by atoms with E-state index in [-0.39, 0.29) is 5.11 Å². The van der Waals surface area contributed by atoms with Crippen molar-refractivity contribution in [3.05, 3.63) is 84.4 Å². The summed E-state index contributed by atoms with van der Waals surface area (Å²) in [5.41, 5.74) is 5.81. The first-order chi connectivity index (χ1) is 14.5. The van der Waals surface area contributed by atoms with Crippen LogP contribution in [0, 0.1) is 0 Å². The molecule has 0 fully saturated rings. The third kappa shape index (κ3) is 6.15. The number of nitrogens with one attached hydrogen (secondary N) is 3. The summed E-state index contributed by atoms with van der Waals surface area (Å²) in [6.45, 7) is 1.62. The molecule has 3 aromatic carbocycles. The van der Waals surface area contributed by atoms with E-state index in [1.54, 1.807) is 13.0 Å².